The lowest BCUT2D eigenvalue weighted by molar-refractivity contribution is 0.0701. The number of carbonyl (C=O) groups excluding carboxylic acids is 1. The zero-order valence-corrected chi connectivity index (χ0v) is 11.1. The molecule has 1 fully saturated rings. The highest BCUT2D eigenvalue weighted by Gasteiger charge is 2.25. The van der Waals surface area contributed by atoms with Gasteiger partial charge in [0.15, 0.2) is 0 Å². The van der Waals surface area contributed by atoms with Crippen LogP contribution in [0.1, 0.15) is 23.2 Å². The minimum atomic E-state index is -0.0409. The number of nitrogens with zero attached hydrogens (tertiary/aromatic N) is 3. The number of likely N-dealkylation sites (tertiary alicyclic amines) is 1. The summed E-state index contributed by atoms with van der Waals surface area (Å²) in [5.41, 5.74) is 1.50. The predicted molar refractivity (Wildman–Crippen MR) is 76.0 cm³/mol. The molecule has 1 unspecified atom stereocenters. The summed E-state index contributed by atoms with van der Waals surface area (Å²) in [7, 11) is 0. The van der Waals surface area contributed by atoms with E-state index in [0.29, 0.717) is 12.1 Å². The number of hydrogen-bond acceptors (Lipinski definition) is 3. The highest BCUT2D eigenvalue weighted by molar-refractivity contribution is 6.06. The zero-order chi connectivity index (χ0) is 13.9. The molecule has 3 rings (SSSR count). The van der Waals surface area contributed by atoms with Crippen LogP contribution in [-0.2, 0) is 0 Å². The molecule has 1 saturated heterocycles. The van der Waals surface area contributed by atoms with Gasteiger partial charge in [0.05, 0.1) is 17.5 Å². The van der Waals surface area contributed by atoms with Crippen molar-refractivity contribution in [1.82, 2.24) is 9.88 Å². The lowest BCUT2D eigenvalue weighted by Crippen LogP contribution is -2.39. The van der Waals surface area contributed by atoms with Gasteiger partial charge in [-0.25, -0.2) is 0 Å². The number of aromatic nitrogens is 1. The lowest BCUT2D eigenvalue weighted by Gasteiger charge is -2.29. The van der Waals surface area contributed by atoms with Crippen molar-refractivity contribution in [1.29, 1.82) is 5.26 Å². The van der Waals surface area contributed by atoms with Gasteiger partial charge < -0.3 is 4.90 Å². The van der Waals surface area contributed by atoms with Crippen molar-refractivity contribution in [2.45, 2.75) is 12.8 Å². The Balaban J connectivity index is 1.95. The summed E-state index contributed by atoms with van der Waals surface area (Å²) in [5.74, 6) is -0.0376. The number of rotatable bonds is 1. The fourth-order valence-corrected chi connectivity index (χ4v) is 2.73. The van der Waals surface area contributed by atoms with E-state index >= 15 is 0 Å². The van der Waals surface area contributed by atoms with Gasteiger partial charge in [-0.15, -0.1) is 0 Å². The monoisotopic (exact) mass is 265 g/mol. The van der Waals surface area contributed by atoms with Crippen LogP contribution in [0, 0.1) is 17.2 Å². The second kappa shape index (κ2) is 5.30. The third-order valence-corrected chi connectivity index (χ3v) is 3.77. The van der Waals surface area contributed by atoms with E-state index in [4.69, 9.17) is 5.26 Å². The largest absolute Gasteiger partial charge is 0.337 e. The number of hydrogen-bond donors (Lipinski definition) is 0. The quantitative estimate of drug-likeness (QED) is 0.796. The van der Waals surface area contributed by atoms with Crippen LogP contribution in [-0.4, -0.2) is 28.9 Å². The molecule has 1 aromatic heterocycles. The predicted octanol–water partition coefficient (Wildman–Crippen LogP) is 2.61. The molecule has 20 heavy (non-hydrogen) atoms. The first-order chi connectivity index (χ1) is 9.79. The second-order valence-electron chi connectivity index (χ2n) is 5.10. The van der Waals surface area contributed by atoms with Crippen LogP contribution in [0.15, 0.2) is 36.5 Å². The molecule has 100 valence electrons. The average molecular weight is 265 g/mol. The number of nitriles is 1. The topological polar surface area (TPSA) is 57.0 Å². The van der Waals surface area contributed by atoms with E-state index in [1.54, 1.807) is 11.1 Å². The highest BCUT2D eigenvalue weighted by atomic mass is 16.2. The number of amides is 1. The van der Waals surface area contributed by atoms with Crippen molar-refractivity contribution in [3.63, 3.8) is 0 Å². The van der Waals surface area contributed by atoms with Gasteiger partial charge in [-0.1, -0.05) is 12.1 Å². The van der Waals surface area contributed by atoms with E-state index < -0.39 is 0 Å². The molecule has 1 amide bonds. The summed E-state index contributed by atoms with van der Waals surface area (Å²) >= 11 is 0. The molecular weight excluding hydrogens is 250 g/mol. The minimum Gasteiger partial charge on any atom is -0.337 e. The first kappa shape index (κ1) is 12.6. The van der Waals surface area contributed by atoms with Crippen LogP contribution < -0.4 is 0 Å². The number of piperidine rings is 1. The Labute approximate surface area is 117 Å². The molecule has 2 heterocycles. The van der Waals surface area contributed by atoms with E-state index in [9.17, 15) is 4.79 Å². The zero-order valence-electron chi connectivity index (χ0n) is 11.1. The van der Waals surface area contributed by atoms with Crippen LogP contribution >= 0.6 is 0 Å². The normalized spacial score (nSPS) is 18.8. The molecule has 2 aromatic rings. The summed E-state index contributed by atoms with van der Waals surface area (Å²) in [4.78, 5) is 18.7. The van der Waals surface area contributed by atoms with Crippen LogP contribution in [0.25, 0.3) is 10.9 Å². The molecule has 0 spiro atoms. The summed E-state index contributed by atoms with van der Waals surface area (Å²) in [6, 6.07) is 11.6. The standard InChI is InChI=1S/C16H15N3O/c17-10-12-4-3-9-19(11-12)16(20)14-5-1-7-15-13(14)6-2-8-18-15/h1-2,5-8,12H,3-4,9,11H2. The van der Waals surface area contributed by atoms with Gasteiger partial charge in [0.1, 0.15) is 0 Å². The Morgan fingerprint density at radius 2 is 2.25 bits per heavy atom. The highest BCUT2D eigenvalue weighted by Crippen LogP contribution is 2.22. The van der Waals surface area contributed by atoms with Gasteiger partial charge in [0.25, 0.3) is 5.91 Å². The van der Waals surface area contributed by atoms with Crippen LogP contribution in [0.4, 0.5) is 0 Å². The Kier molecular flexibility index (Phi) is 3.34. The molecule has 0 radical (unpaired) electrons. The lowest BCUT2D eigenvalue weighted by atomic mass is 9.98. The first-order valence-electron chi connectivity index (χ1n) is 6.82. The maximum Gasteiger partial charge on any atom is 0.254 e. The molecule has 1 aromatic carbocycles. The van der Waals surface area contributed by atoms with Gasteiger partial charge in [-0.2, -0.15) is 5.26 Å². The fraction of sp³-hybridized carbons (Fsp3) is 0.312. The van der Waals surface area contributed by atoms with Crippen LogP contribution in [0.5, 0.6) is 0 Å². The van der Waals surface area contributed by atoms with Crippen molar-refractivity contribution in [3.8, 4) is 6.07 Å². The van der Waals surface area contributed by atoms with E-state index in [2.05, 4.69) is 11.1 Å². The summed E-state index contributed by atoms with van der Waals surface area (Å²) in [6.07, 6.45) is 3.51. The Morgan fingerprint density at radius 1 is 1.35 bits per heavy atom. The Bertz CT molecular complexity index is 684. The van der Waals surface area contributed by atoms with Gasteiger partial charge in [0.2, 0.25) is 0 Å². The summed E-state index contributed by atoms with van der Waals surface area (Å²) < 4.78 is 0. The van der Waals surface area contributed by atoms with Gasteiger partial charge >= 0.3 is 0 Å². The molecule has 1 atom stereocenters. The van der Waals surface area contributed by atoms with E-state index in [1.807, 2.05) is 30.3 Å². The van der Waals surface area contributed by atoms with Gasteiger partial charge in [-0.05, 0) is 31.0 Å². The molecule has 1 aliphatic heterocycles. The van der Waals surface area contributed by atoms with E-state index in [1.165, 1.54) is 0 Å². The molecule has 0 saturated carbocycles. The Hall–Kier alpha value is -2.41. The molecule has 4 heteroatoms. The van der Waals surface area contributed by atoms with Crippen molar-refractivity contribution in [2.75, 3.05) is 13.1 Å². The first-order valence-corrected chi connectivity index (χ1v) is 6.82. The number of carbonyl (C=O) groups is 1. The Morgan fingerprint density at radius 3 is 3.10 bits per heavy atom. The van der Waals surface area contributed by atoms with Gasteiger partial charge in [-0.3, -0.25) is 9.78 Å². The van der Waals surface area contributed by atoms with Crippen LogP contribution in [0.2, 0.25) is 0 Å². The van der Waals surface area contributed by atoms with Crippen molar-refractivity contribution >= 4 is 16.8 Å². The fourth-order valence-electron chi connectivity index (χ4n) is 2.73. The molecule has 1 aliphatic rings. The summed E-state index contributed by atoms with van der Waals surface area (Å²) in [6.45, 7) is 1.26. The van der Waals surface area contributed by atoms with E-state index in [0.717, 1.165) is 30.3 Å². The molecule has 0 aliphatic carbocycles. The third kappa shape index (κ3) is 2.23. The minimum absolute atomic E-state index is 0.00329. The SMILES string of the molecule is N#CC1CCCN(C(=O)c2cccc3ncccc23)C1. The maximum absolute atomic E-state index is 12.7. The maximum atomic E-state index is 12.7. The van der Waals surface area contributed by atoms with Gasteiger partial charge in [0, 0.05) is 30.2 Å². The summed E-state index contributed by atoms with van der Waals surface area (Å²) in [5, 5.41) is 9.91. The number of benzene rings is 1. The van der Waals surface area contributed by atoms with Crippen molar-refractivity contribution in [3.05, 3.63) is 42.1 Å². The van der Waals surface area contributed by atoms with Crippen LogP contribution in [0.3, 0.4) is 0 Å². The molecule has 0 bridgehead atoms. The van der Waals surface area contributed by atoms with E-state index in [-0.39, 0.29) is 11.8 Å². The van der Waals surface area contributed by atoms with Crippen molar-refractivity contribution in [2.24, 2.45) is 5.92 Å². The average Bonchev–Trinajstić information content (AvgIpc) is 2.53. The smallest absolute Gasteiger partial charge is 0.254 e. The second-order valence-corrected chi connectivity index (χ2v) is 5.10. The third-order valence-electron chi connectivity index (χ3n) is 3.77. The molecular formula is C16H15N3O. The number of pyridine rings is 1. The van der Waals surface area contributed by atoms with Crippen molar-refractivity contribution < 1.29 is 4.79 Å². The molecule has 4 nitrogen and oxygen atoms in total. The number of fused-ring (bicyclic) bond motifs is 1. The molecule has 0 N–H and O–H groups in total.